The molecule has 1 rings (SSSR count). The van der Waals surface area contributed by atoms with Gasteiger partial charge in [0.1, 0.15) is 6.04 Å². The van der Waals surface area contributed by atoms with E-state index < -0.39 is 0 Å². The quantitative estimate of drug-likeness (QED) is 0.757. The van der Waals surface area contributed by atoms with E-state index in [-0.39, 0.29) is 12.0 Å². The number of hydrogen-bond acceptors (Lipinski definition) is 4. The van der Waals surface area contributed by atoms with Gasteiger partial charge in [-0.1, -0.05) is 20.8 Å². The van der Waals surface area contributed by atoms with Crippen LogP contribution >= 0.6 is 0 Å². The van der Waals surface area contributed by atoms with Crippen LogP contribution in [0.25, 0.3) is 0 Å². The van der Waals surface area contributed by atoms with Crippen LogP contribution in [0, 0.1) is 11.3 Å². The van der Waals surface area contributed by atoms with E-state index in [1.54, 1.807) is 0 Å². The molecule has 0 aromatic heterocycles. The smallest absolute Gasteiger partial charge is 0.324 e. The van der Waals surface area contributed by atoms with Crippen LogP contribution in [0.1, 0.15) is 34.1 Å². The molecule has 0 saturated carbocycles. The Morgan fingerprint density at radius 1 is 1.50 bits per heavy atom. The standard InChI is InChI=1S/C14H28N2O2/c1-6-18-13(17)12(15-5)10-16-8-7-11(9-16)14(2,3)4/h11-12,15H,6-10H2,1-5H3. The topological polar surface area (TPSA) is 41.6 Å². The van der Waals surface area contributed by atoms with Gasteiger partial charge in [0.25, 0.3) is 0 Å². The highest BCUT2D eigenvalue weighted by Crippen LogP contribution is 2.33. The summed E-state index contributed by atoms with van der Waals surface area (Å²) in [6.45, 7) is 12.1. The van der Waals surface area contributed by atoms with Gasteiger partial charge in [0, 0.05) is 13.1 Å². The molecule has 0 aromatic carbocycles. The Labute approximate surface area is 111 Å². The predicted molar refractivity (Wildman–Crippen MR) is 73.5 cm³/mol. The van der Waals surface area contributed by atoms with E-state index in [4.69, 9.17) is 4.74 Å². The largest absolute Gasteiger partial charge is 0.465 e. The summed E-state index contributed by atoms with van der Waals surface area (Å²) in [4.78, 5) is 14.1. The first-order valence-electron chi connectivity index (χ1n) is 6.94. The van der Waals surface area contributed by atoms with Crippen LogP contribution in [0.2, 0.25) is 0 Å². The summed E-state index contributed by atoms with van der Waals surface area (Å²) in [5.74, 6) is 0.580. The molecule has 1 heterocycles. The van der Waals surface area contributed by atoms with Gasteiger partial charge in [0.05, 0.1) is 6.61 Å². The van der Waals surface area contributed by atoms with Crippen LogP contribution in [0.15, 0.2) is 0 Å². The molecular formula is C14H28N2O2. The Bertz CT molecular complexity index is 273. The number of carbonyl (C=O) groups is 1. The molecular weight excluding hydrogens is 228 g/mol. The van der Waals surface area contributed by atoms with E-state index in [1.165, 1.54) is 6.42 Å². The molecule has 18 heavy (non-hydrogen) atoms. The zero-order valence-electron chi connectivity index (χ0n) is 12.5. The number of nitrogens with zero attached hydrogens (tertiary/aromatic N) is 1. The summed E-state index contributed by atoms with van der Waals surface area (Å²) in [5.41, 5.74) is 0.355. The minimum absolute atomic E-state index is 0.140. The molecule has 2 atom stereocenters. The number of likely N-dealkylation sites (N-methyl/N-ethyl adjacent to an activating group) is 1. The number of carbonyl (C=O) groups excluding carboxylic acids is 1. The molecule has 4 heteroatoms. The van der Waals surface area contributed by atoms with Crippen molar-refractivity contribution in [3.05, 3.63) is 0 Å². The number of esters is 1. The van der Waals surface area contributed by atoms with Crippen molar-refractivity contribution >= 4 is 5.97 Å². The molecule has 0 bridgehead atoms. The number of nitrogens with one attached hydrogen (secondary N) is 1. The summed E-state index contributed by atoms with van der Waals surface area (Å²) < 4.78 is 5.07. The fraction of sp³-hybridized carbons (Fsp3) is 0.929. The van der Waals surface area contributed by atoms with Gasteiger partial charge >= 0.3 is 5.97 Å². The van der Waals surface area contributed by atoms with E-state index in [0.717, 1.165) is 25.6 Å². The maximum Gasteiger partial charge on any atom is 0.324 e. The van der Waals surface area contributed by atoms with Crippen molar-refractivity contribution < 1.29 is 9.53 Å². The first kappa shape index (κ1) is 15.4. The van der Waals surface area contributed by atoms with Gasteiger partial charge in [-0.05, 0) is 38.3 Å². The summed E-state index contributed by atoms with van der Waals surface area (Å²) in [5, 5.41) is 3.05. The van der Waals surface area contributed by atoms with Crippen molar-refractivity contribution in [3.8, 4) is 0 Å². The number of hydrogen-bond donors (Lipinski definition) is 1. The molecule has 2 unspecified atom stereocenters. The lowest BCUT2D eigenvalue weighted by Gasteiger charge is -2.28. The normalized spacial score (nSPS) is 23.1. The minimum atomic E-state index is -0.205. The van der Waals surface area contributed by atoms with Crippen molar-refractivity contribution in [2.24, 2.45) is 11.3 Å². The second kappa shape index (κ2) is 6.53. The Hall–Kier alpha value is -0.610. The van der Waals surface area contributed by atoms with Crippen molar-refractivity contribution in [1.29, 1.82) is 0 Å². The maximum atomic E-state index is 11.7. The van der Waals surface area contributed by atoms with Crippen molar-refractivity contribution in [2.75, 3.05) is 33.3 Å². The Morgan fingerprint density at radius 2 is 2.17 bits per heavy atom. The summed E-state index contributed by atoms with van der Waals surface area (Å²) in [6.07, 6.45) is 1.22. The molecule has 1 aliphatic heterocycles. The van der Waals surface area contributed by atoms with Crippen LogP contribution < -0.4 is 5.32 Å². The zero-order valence-corrected chi connectivity index (χ0v) is 12.5. The van der Waals surface area contributed by atoms with Gasteiger partial charge in [-0.2, -0.15) is 0 Å². The third-order valence-corrected chi connectivity index (χ3v) is 3.86. The molecule has 0 spiro atoms. The maximum absolute atomic E-state index is 11.7. The Morgan fingerprint density at radius 3 is 2.61 bits per heavy atom. The van der Waals surface area contributed by atoms with Gasteiger partial charge < -0.3 is 15.0 Å². The lowest BCUT2D eigenvalue weighted by molar-refractivity contribution is -0.146. The average molecular weight is 256 g/mol. The van der Waals surface area contributed by atoms with E-state index in [0.29, 0.717) is 12.0 Å². The molecule has 4 nitrogen and oxygen atoms in total. The average Bonchev–Trinajstić information content (AvgIpc) is 2.74. The van der Waals surface area contributed by atoms with Crippen molar-refractivity contribution in [3.63, 3.8) is 0 Å². The lowest BCUT2D eigenvalue weighted by Crippen LogP contribution is -2.45. The van der Waals surface area contributed by atoms with Gasteiger partial charge in [0.15, 0.2) is 0 Å². The van der Waals surface area contributed by atoms with E-state index in [9.17, 15) is 4.79 Å². The van der Waals surface area contributed by atoms with Crippen LogP contribution in [0.5, 0.6) is 0 Å². The Balaban J connectivity index is 2.45. The zero-order chi connectivity index (χ0) is 13.8. The van der Waals surface area contributed by atoms with Gasteiger partial charge in [-0.15, -0.1) is 0 Å². The molecule has 106 valence electrons. The van der Waals surface area contributed by atoms with Crippen LogP contribution in [-0.4, -0.2) is 50.2 Å². The monoisotopic (exact) mass is 256 g/mol. The highest BCUT2D eigenvalue weighted by atomic mass is 16.5. The van der Waals surface area contributed by atoms with E-state index in [2.05, 4.69) is 31.0 Å². The molecule has 1 N–H and O–H groups in total. The van der Waals surface area contributed by atoms with Crippen LogP contribution in [0.4, 0.5) is 0 Å². The lowest BCUT2D eigenvalue weighted by atomic mass is 9.80. The van der Waals surface area contributed by atoms with Gasteiger partial charge in [0.2, 0.25) is 0 Å². The molecule has 1 aliphatic rings. The van der Waals surface area contributed by atoms with Crippen LogP contribution in [-0.2, 0) is 9.53 Å². The number of ether oxygens (including phenoxy) is 1. The highest BCUT2D eigenvalue weighted by Gasteiger charge is 2.33. The highest BCUT2D eigenvalue weighted by molar-refractivity contribution is 5.76. The molecule has 1 fully saturated rings. The van der Waals surface area contributed by atoms with Gasteiger partial charge in [-0.3, -0.25) is 4.79 Å². The fourth-order valence-electron chi connectivity index (χ4n) is 2.49. The number of rotatable bonds is 5. The SMILES string of the molecule is CCOC(=O)C(CN1CCC(C(C)(C)C)C1)NC. The van der Waals surface area contributed by atoms with E-state index >= 15 is 0 Å². The second-order valence-corrected chi connectivity index (χ2v) is 6.20. The summed E-state index contributed by atoms with van der Waals surface area (Å²) >= 11 is 0. The van der Waals surface area contributed by atoms with Crippen molar-refractivity contribution in [2.45, 2.75) is 40.2 Å². The Kier molecular flexibility index (Phi) is 5.60. The van der Waals surface area contributed by atoms with Crippen molar-refractivity contribution in [1.82, 2.24) is 10.2 Å². The summed E-state index contributed by atoms with van der Waals surface area (Å²) in [7, 11) is 1.82. The predicted octanol–water partition coefficient (Wildman–Crippen LogP) is 1.51. The second-order valence-electron chi connectivity index (χ2n) is 6.20. The molecule has 0 aromatic rings. The third-order valence-electron chi connectivity index (χ3n) is 3.86. The third kappa shape index (κ3) is 4.25. The molecule has 0 aliphatic carbocycles. The minimum Gasteiger partial charge on any atom is -0.465 e. The van der Waals surface area contributed by atoms with Crippen LogP contribution in [0.3, 0.4) is 0 Å². The van der Waals surface area contributed by atoms with Gasteiger partial charge in [-0.25, -0.2) is 0 Å². The fourth-order valence-corrected chi connectivity index (χ4v) is 2.49. The molecule has 0 radical (unpaired) electrons. The number of likely N-dealkylation sites (tertiary alicyclic amines) is 1. The molecule has 0 amide bonds. The summed E-state index contributed by atoms with van der Waals surface area (Å²) in [6, 6.07) is -0.205. The molecule has 1 saturated heterocycles. The first-order chi connectivity index (χ1) is 8.38. The van der Waals surface area contributed by atoms with E-state index in [1.807, 2.05) is 14.0 Å². The first-order valence-corrected chi connectivity index (χ1v) is 6.94.